The van der Waals surface area contributed by atoms with Crippen LogP contribution in [0.1, 0.15) is 41.4 Å². The molecule has 0 bridgehead atoms. The molecule has 0 aliphatic carbocycles. The van der Waals surface area contributed by atoms with Gasteiger partial charge in [0, 0.05) is 36.0 Å². The lowest BCUT2D eigenvalue weighted by molar-refractivity contribution is 0.0634. The van der Waals surface area contributed by atoms with E-state index in [0.29, 0.717) is 44.2 Å². The van der Waals surface area contributed by atoms with E-state index in [4.69, 9.17) is 0 Å². The van der Waals surface area contributed by atoms with E-state index in [-0.39, 0.29) is 11.8 Å². The van der Waals surface area contributed by atoms with Gasteiger partial charge in [-0.05, 0) is 72.4 Å². The largest absolute Gasteiger partial charge is 0.277 e. The molecule has 9 rings (SSSR count). The zero-order valence-electron chi connectivity index (χ0n) is 22.6. The van der Waals surface area contributed by atoms with Crippen LogP contribution in [0.4, 0.5) is 0 Å². The van der Waals surface area contributed by atoms with Gasteiger partial charge in [0.05, 0.1) is 11.1 Å². The summed E-state index contributed by atoms with van der Waals surface area (Å²) in [5, 5.41) is 8.96. The average Bonchev–Trinajstić information content (AvgIpc) is 3.02. The minimum Gasteiger partial charge on any atom is -0.277 e. The van der Waals surface area contributed by atoms with E-state index in [1.54, 1.807) is 6.07 Å². The first kappa shape index (κ1) is 23.1. The van der Waals surface area contributed by atoms with Crippen molar-refractivity contribution in [3.05, 3.63) is 107 Å². The Morgan fingerprint density at radius 1 is 0.405 bits per heavy atom. The average molecular weight is 545 g/mol. The summed E-state index contributed by atoms with van der Waals surface area (Å²) in [7, 11) is 2.98. The second-order valence-electron chi connectivity index (χ2n) is 11.2. The van der Waals surface area contributed by atoms with E-state index >= 15 is 0 Å². The lowest BCUT2D eigenvalue weighted by Gasteiger charge is -2.30. The molecule has 0 atom stereocenters. The van der Waals surface area contributed by atoms with Gasteiger partial charge in [-0.2, -0.15) is 0 Å². The number of carbonyl (C=O) groups excluding carboxylic acids is 4. The van der Waals surface area contributed by atoms with Gasteiger partial charge < -0.3 is 0 Å². The summed E-state index contributed by atoms with van der Waals surface area (Å²) in [6.45, 7) is 0. The summed E-state index contributed by atoms with van der Waals surface area (Å²) in [5.74, 6) is -1.56. The number of hydrogen-bond donors (Lipinski definition) is 0. The first-order chi connectivity index (χ1) is 20.4. The van der Waals surface area contributed by atoms with Gasteiger partial charge in [-0.15, -0.1) is 0 Å². The molecule has 0 radical (unpaired) electrons. The molecule has 0 spiro atoms. The Morgan fingerprint density at radius 3 is 1.62 bits per heavy atom. The molecule has 6 heteroatoms. The number of amides is 4. The zero-order valence-corrected chi connectivity index (χ0v) is 22.6. The second-order valence-corrected chi connectivity index (χ2v) is 11.2. The predicted molar refractivity (Wildman–Crippen MR) is 163 cm³/mol. The molecule has 0 unspecified atom stereocenters. The van der Waals surface area contributed by atoms with Crippen LogP contribution in [0.25, 0.3) is 65.0 Å². The van der Waals surface area contributed by atoms with E-state index in [0.717, 1.165) is 52.9 Å². The van der Waals surface area contributed by atoms with E-state index in [1.165, 1.54) is 14.1 Å². The van der Waals surface area contributed by atoms with Crippen LogP contribution in [0.15, 0.2) is 84.9 Å². The summed E-state index contributed by atoms with van der Waals surface area (Å²) in [4.78, 5) is 56.8. The van der Waals surface area contributed by atoms with E-state index in [1.807, 2.05) is 54.6 Å². The van der Waals surface area contributed by atoms with Gasteiger partial charge in [0.2, 0.25) is 0 Å². The molecule has 0 saturated carbocycles. The van der Waals surface area contributed by atoms with Crippen LogP contribution in [0.5, 0.6) is 0 Å². The van der Waals surface area contributed by atoms with Crippen LogP contribution in [-0.2, 0) is 0 Å². The highest BCUT2D eigenvalue weighted by atomic mass is 16.2. The van der Waals surface area contributed by atoms with E-state index in [2.05, 4.69) is 24.3 Å². The molecule has 2 heterocycles. The fourth-order valence-corrected chi connectivity index (χ4v) is 7.29. The van der Waals surface area contributed by atoms with Gasteiger partial charge in [-0.1, -0.05) is 66.7 Å². The molecule has 4 amide bonds. The number of carbonyl (C=O) groups is 4. The summed E-state index contributed by atoms with van der Waals surface area (Å²) >= 11 is 0. The van der Waals surface area contributed by atoms with Crippen LogP contribution in [-0.4, -0.2) is 47.5 Å². The molecule has 7 aromatic rings. The normalized spacial score (nSPS) is 15.0. The van der Waals surface area contributed by atoms with Crippen molar-refractivity contribution >= 4 is 77.5 Å². The summed E-state index contributed by atoms with van der Waals surface area (Å²) < 4.78 is 0. The molecule has 0 saturated heterocycles. The van der Waals surface area contributed by atoms with Gasteiger partial charge in [-0.3, -0.25) is 29.0 Å². The number of rotatable bonds is 1. The van der Waals surface area contributed by atoms with Crippen LogP contribution in [0.3, 0.4) is 0 Å². The van der Waals surface area contributed by atoms with Gasteiger partial charge in [0.15, 0.2) is 0 Å². The Balaban J connectivity index is 1.56. The third-order valence-electron chi connectivity index (χ3n) is 9.21. The smallest absolute Gasteiger partial charge is 0.261 e. The number of benzene rings is 7. The van der Waals surface area contributed by atoms with Crippen molar-refractivity contribution in [1.82, 2.24) is 9.80 Å². The maximum Gasteiger partial charge on any atom is 0.261 e. The lowest BCUT2D eigenvalue weighted by atomic mass is 9.80. The second kappa shape index (κ2) is 7.56. The predicted octanol–water partition coefficient (Wildman–Crippen LogP) is 7.01. The van der Waals surface area contributed by atoms with Crippen molar-refractivity contribution < 1.29 is 19.2 Å². The summed E-state index contributed by atoms with van der Waals surface area (Å²) in [6, 6.07) is 27.3. The van der Waals surface area contributed by atoms with Crippen molar-refractivity contribution in [3.8, 4) is 11.1 Å². The van der Waals surface area contributed by atoms with Crippen LogP contribution in [0, 0.1) is 0 Å². The molecule has 2 aliphatic rings. The fourth-order valence-electron chi connectivity index (χ4n) is 7.29. The van der Waals surface area contributed by atoms with Crippen LogP contribution >= 0.6 is 0 Å². The van der Waals surface area contributed by atoms with Crippen molar-refractivity contribution in [2.75, 3.05) is 14.1 Å². The first-order valence-corrected chi connectivity index (χ1v) is 13.7. The lowest BCUT2D eigenvalue weighted by Crippen LogP contribution is -2.38. The van der Waals surface area contributed by atoms with Crippen molar-refractivity contribution in [3.63, 3.8) is 0 Å². The summed E-state index contributed by atoms with van der Waals surface area (Å²) in [6.07, 6.45) is 0. The molecule has 2 aliphatic heterocycles. The van der Waals surface area contributed by atoms with Gasteiger partial charge in [0.1, 0.15) is 0 Å². The Hall–Kier alpha value is -5.62. The minimum atomic E-state index is -0.422. The fraction of sp³-hybridized carbons (Fsp3) is 0.0556. The first-order valence-electron chi connectivity index (χ1n) is 13.7. The van der Waals surface area contributed by atoms with E-state index in [9.17, 15) is 19.2 Å². The van der Waals surface area contributed by atoms with Gasteiger partial charge >= 0.3 is 0 Å². The molecule has 0 aromatic heterocycles. The third-order valence-corrected chi connectivity index (χ3v) is 9.21. The van der Waals surface area contributed by atoms with Gasteiger partial charge in [0.25, 0.3) is 23.6 Å². The van der Waals surface area contributed by atoms with Crippen LogP contribution < -0.4 is 0 Å². The Kier molecular flexibility index (Phi) is 4.16. The molecule has 198 valence electrons. The Morgan fingerprint density at radius 2 is 0.929 bits per heavy atom. The quantitative estimate of drug-likeness (QED) is 0.127. The van der Waals surface area contributed by atoms with Crippen LogP contribution in [0.2, 0.25) is 0 Å². The highest BCUT2D eigenvalue weighted by Crippen LogP contribution is 2.48. The zero-order chi connectivity index (χ0) is 28.6. The molecular weight excluding hydrogens is 524 g/mol. The van der Waals surface area contributed by atoms with Gasteiger partial charge in [-0.25, -0.2) is 0 Å². The number of fused-ring (bicyclic) bond motifs is 2. The topological polar surface area (TPSA) is 74.8 Å². The Bertz CT molecular complexity index is 2470. The van der Waals surface area contributed by atoms with Crippen molar-refractivity contribution in [2.45, 2.75) is 0 Å². The molecular formula is C36H20N2O4. The van der Waals surface area contributed by atoms with E-state index < -0.39 is 11.8 Å². The third kappa shape index (κ3) is 2.56. The van der Waals surface area contributed by atoms with Crippen molar-refractivity contribution in [2.24, 2.45) is 0 Å². The van der Waals surface area contributed by atoms with Crippen molar-refractivity contribution in [1.29, 1.82) is 0 Å². The highest BCUT2D eigenvalue weighted by Gasteiger charge is 2.37. The molecule has 0 fully saturated rings. The maximum absolute atomic E-state index is 14.1. The highest BCUT2D eigenvalue weighted by molar-refractivity contribution is 6.40. The number of nitrogens with zero attached hydrogens (tertiary/aromatic N) is 2. The number of imide groups is 2. The summed E-state index contributed by atoms with van der Waals surface area (Å²) in [5.41, 5.74) is 2.80. The molecule has 0 N–H and O–H groups in total. The monoisotopic (exact) mass is 544 g/mol. The molecule has 7 aromatic carbocycles. The standard InChI is InChI=1S/C36H20N2O4/c1-37-33(39)23-11-5-8-18-12-13-22(31(28(18)23)35(37)41)26-16-25-20-10-4-7-17-6-3-9-19(27(17)20)21-14-15-24-30(29(21)25)32(26)36(42)38(2)34(24)40/h3-16H,1-2H3. The Labute approximate surface area is 238 Å². The number of hydrogen-bond acceptors (Lipinski definition) is 4. The molecule has 42 heavy (non-hydrogen) atoms. The maximum atomic E-state index is 14.1. The SMILES string of the molecule is CN1C(=O)c2cccc3ccc(-c4cc5c6cccc7cccc(c8ccc9c(c4C(=O)N(C)C9=O)c85)c76)c(c23)C1=O. The minimum absolute atomic E-state index is 0.359. The molecule has 6 nitrogen and oxygen atoms in total.